The summed E-state index contributed by atoms with van der Waals surface area (Å²) in [6.45, 7) is 13.8. The zero-order chi connectivity index (χ0) is 73.4. The zero-order valence-electron chi connectivity index (χ0n) is 60.6. The average molecular weight is 1500 g/mol. The van der Waals surface area contributed by atoms with E-state index in [0.717, 1.165) is 185 Å². The Bertz CT molecular complexity index is 4080. The van der Waals surface area contributed by atoms with Gasteiger partial charge in [0.1, 0.15) is 5.82 Å². The molecule has 14 nitrogen and oxygen atoms in total. The van der Waals surface area contributed by atoms with Gasteiger partial charge < -0.3 is 50.2 Å². The highest BCUT2D eigenvalue weighted by Gasteiger charge is 2.64. The highest BCUT2D eigenvalue weighted by molar-refractivity contribution is 7.98. The van der Waals surface area contributed by atoms with Crippen LogP contribution in [0.5, 0.6) is 0 Å². The van der Waals surface area contributed by atoms with Crippen molar-refractivity contribution >= 4 is 70.1 Å². The summed E-state index contributed by atoms with van der Waals surface area (Å²) in [5, 5.41) is 18.7. The number of piperazine rings is 1. The van der Waals surface area contributed by atoms with Crippen LogP contribution in [0.4, 0.5) is 53.4 Å². The van der Waals surface area contributed by atoms with Crippen LogP contribution < -0.4 is 16.0 Å². The van der Waals surface area contributed by atoms with Gasteiger partial charge in [-0.15, -0.1) is 11.8 Å². The second-order valence-corrected chi connectivity index (χ2v) is 32.8. The summed E-state index contributed by atoms with van der Waals surface area (Å²) in [5.41, 5.74) is 6.27. The first-order valence-corrected chi connectivity index (χ1v) is 40.2. The number of rotatable bonds is 22. The Morgan fingerprint density at radius 3 is 1.46 bits per heavy atom. The molecular formula is C83H100Cl2F5N11O3S. The highest BCUT2D eigenvalue weighted by Crippen LogP contribution is 2.66. The van der Waals surface area contributed by atoms with Gasteiger partial charge in [0, 0.05) is 108 Å². The first-order chi connectivity index (χ1) is 50.8. The molecule has 9 fully saturated rings. The van der Waals surface area contributed by atoms with Crippen molar-refractivity contribution in [2.45, 2.75) is 155 Å². The third-order valence-electron chi connectivity index (χ3n) is 24.7. The second-order valence-electron chi connectivity index (χ2n) is 31.0. The van der Waals surface area contributed by atoms with E-state index in [1.54, 1.807) is 17.8 Å². The van der Waals surface area contributed by atoms with Crippen molar-refractivity contribution in [1.29, 1.82) is 5.26 Å². The molecule has 3 aliphatic heterocycles. The third kappa shape index (κ3) is 18.3. The molecule has 105 heavy (non-hydrogen) atoms. The molecule has 560 valence electrons. The van der Waals surface area contributed by atoms with Gasteiger partial charge in [0.25, 0.3) is 0 Å². The maximum absolute atomic E-state index is 13.7. The zero-order valence-corrected chi connectivity index (χ0v) is 62.9. The number of urea groups is 3. The van der Waals surface area contributed by atoms with Crippen molar-refractivity contribution in [2.75, 3.05) is 121 Å². The molecule has 6 aromatic carbocycles. The molecule has 2 unspecified atom stereocenters. The van der Waals surface area contributed by atoms with Gasteiger partial charge in [-0.1, -0.05) is 59.6 Å². The summed E-state index contributed by atoms with van der Waals surface area (Å²) in [6, 6.07) is 38.5. The molecule has 0 spiro atoms. The Balaban J connectivity index is 0.000000140. The molecule has 9 aliphatic rings. The SMILES string of the molecule is CN1CCN(CCCN(C(=O)Nc2ccc(F)c(Cl)c2)[C@@H]2CC[C@]3(c4cccc(Cl)c4)C[C@H]23)CC1.CSc1cccc([C@@]23CC[C@@H](N(CCCN4CCCC4)C(=O)Nc4ccc(F)c(F)c4)CC2C3)c1.N#Cc1cccc([C@@]23CC[C@@H](N(CCCN4CCCC4)C(=O)Nc4ccc(F)c(F)c4)CC2C3)c1. The topological polar surface area (TPSA) is 134 Å². The predicted molar refractivity (Wildman–Crippen MR) is 409 cm³/mol. The lowest BCUT2D eigenvalue weighted by atomic mass is 9.80. The molecule has 6 amide bonds. The monoisotopic (exact) mass is 1500 g/mol. The average Bonchev–Trinajstić information content (AvgIpc) is 1.56. The molecule has 6 aromatic rings. The number of carbonyl (C=O) groups excluding carboxylic acids is 3. The first-order valence-electron chi connectivity index (χ1n) is 38.2. The van der Waals surface area contributed by atoms with E-state index in [1.807, 2.05) is 45.0 Å². The fourth-order valence-electron chi connectivity index (χ4n) is 18.6. The van der Waals surface area contributed by atoms with Crippen LogP contribution >= 0.6 is 35.0 Å². The molecule has 22 heteroatoms. The quantitative estimate of drug-likeness (QED) is 0.0449. The first kappa shape index (κ1) is 76.2. The molecular weight excluding hydrogens is 1400 g/mol. The van der Waals surface area contributed by atoms with Crippen molar-refractivity contribution in [2.24, 2.45) is 17.8 Å². The maximum Gasteiger partial charge on any atom is 0.322 e. The summed E-state index contributed by atoms with van der Waals surface area (Å²) in [6.07, 6.45) is 21.1. The Hall–Kier alpha value is -6.96. The number of amides is 6. The van der Waals surface area contributed by atoms with E-state index < -0.39 is 29.1 Å². The van der Waals surface area contributed by atoms with Crippen LogP contribution in [0, 0.1) is 58.2 Å². The van der Waals surface area contributed by atoms with Gasteiger partial charge >= 0.3 is 18.1 Å². The van der Waals surface area contributed by atoms with Crippen molar-refractivity contribution < 1.29 is 36.3 Å². The predicted octanol–water partition coefficient (Wildman–Crippen LogP) is 17.9. The van der Waals surface area contributed by atoms with Gasteiger partial charge in [-0.05, 0) is 299 Å². The number of likely N-dealkylation sites (tertiary alicyclic amines) is 2. The van der Waals surface area contributed by atoms with Crippen LogP contribution in [0.3, 0.4) is 0 Å². The van der Waals surface area contributed by atoms with E-state index in [-0.39, 0.29) is 63.2 Å². The molecule has 6 saturated carbocycles. The largest absolute Gasteiger partial charge is 0.322 e. The molecule has 0 aromatic heterocycles. The number of hydrogen-bond acceptors (Lipinski definition) is 9. The van der Waals surface area contributed by atoms with E-state index in [1.165, 1.54) is 78.0 Å². The number of nitrogens with one attached hydrogen (secondary N) is 3. The van der Waals surface area contributed by atoms with Gasteiger partial charge in [-0.3, -0.25) is 0 Å². The smallest absolute Gasteiger partial charge is 0.321 e. The van der Waals surface area contributed by atoms with E-state index in [9.17, 15) is 41.6 Å². The molecule has 0 bridgehead atoms. The fourth-order valence-corrected chi connectivity index (χ4v) is 19.4. The minimum absolute atomic E-state index is 0.00690. The Morgan fingerprint density at radius 1 is 0.514 bits per heavy atom. The Labute approximate surface area is 630 Å². The standard InChI is InChI=1S/C28H32F2N4O.C28H35F2N3OS.C27H33Cl2FN4O/c29-25-8-7-23(17-26(25)30)32-27(35)34(14-4-13-33-11-1-2-12-33)24-9-10-28(18-22(28)16-24)21-6-3-5-20(15-21)19-31;1-35-24-7-4-6-20(17-24)28-11-10-23(16-21(28)19-28)33(15-5-14-32-12-2-3-13-32)27(34)31-22-8-9-25(29)26(30)18-22;1-32-12-14-33(15-13-32)10-3-11-34(26(35)31-21-6-7-24(30)23(29)17-21)25-8-9-27(18-22(25)27)19-4-2-5-20(28)16-19/h3,5-8,15,17,22,24H,1-2,4,9-14,16,18H2,(H,32,35);4,6-9,17-18,21,23H,2-3,5,10-16,19H2,1H3,(H,31,34);2,4-7,16-17,22,25H,3,8-15,18H2,1H3,(H,31,35)/t22?,24-,28+;21?,23-,28+;22-,25-,27-/m111/s1. The van der Waals surface area contributed by atoms with Gasteiger partial charge in [0.2, 0.25) is 0 Å². The summed E-state index contributed by atoms with van der Waals surface area (Å²) in [4.78, 5) is 57.2. The van der Waals surface area contributed by atoms with E-state index >= 15 is 0 Å². The van der Waals surface area contributed by atoms with Crippen molar-refractivity contribution in [3.05, 3.63) is 189 Å². The highest BCUT2D eigenvalue weighted by atomic mass is 35.5. The minimum Gasteiger partial charge on any atom is -0.321 e. The summed E-state index contributed by atoms with van der Waals surface area (Å²) in [5.74, 6) is -2.72. The van der Waals surface area contributed by atoms with Crippen LogP contribution in [-0.2, 0) is 16.2 Å². The lowest BCUT2D eigenvalue weighted by molar-refractivity contribution is 0.140. The molecule has 6 aliphatic carbocycles. The number of hydrogen-bond donors (Lipinski definition) is 3. The number of thioether (sulfide) groups is 1. The number of halogens is 7. The number of nitrogens with zero attached hydrogens (tertiary/aromatic N) is 8. The lowest BCUT2D eigenvalue weighted by Crippen LogP contribution is -2.47. The Morgan fingerprint density at radius 2 is 0.971 bits per heavy atom. The minimum atomic E-state index is -0.969. The van der Waals surface area contributed by atoms with Gasteiger partial charge in [0.05, 0.1) is 16.7 Å². The molecule has 3 saturated heterocycles. The number of fused-ring (bicyclic) bond motifs is 3. The molecule has 3 heterocycles. The van der Waals surface area contributed by atoms with Crippen LogP contribution in [0.2, 0.25) is 10.0 Å². The number of likely N-dealkylation sites (N-methyl/N-ethyl adjacent to an activating group) is 1. The van der Waals surface area contributed by atoms with Gasteiger partial charge in [0.15, 0.2) is 23.3 Å². The summed E-state index contributed by atoms with van der Waals surface area (Å²) >= 11 is 14.0. The van der Waals surface area contributed by atoms with Crippen LogP contribution in [0.25, 0.3) is 0 Å². The fraction of sp³-hybridized carbons (Fsp3) is 0.518. The molecule has 3 N–H and O–H groups in total. The Kier molecular flexibility index (Phi) is 24.8. The molecule has 0 radical (unpaired) electrons. The summed E-state index contributed by atoms with van der Waals surface area (Å²) in [7, 11) is 2.16. The van der Waals surface area contributed by atoms with Gasteiger partial charge in [-0.25, -0.2) is 36.3 Å². The van der Waals surface area contributed by atoms with Crippen LogP contribution in [0.1, 0.15) is 138 Å². The number of carbonyl (C=O) groups is 3. The van der Waals surface area contributed by atoms with Crippen LogP contribution in [0.15, 0.2) is 132 Å². The lowest BCUT2D eigenvalue weighted by Gasteiger charge is -2.37. The number of benzene rings is 6. The van der Waals surface area contributed by atoms with Crippen molar-refractivity contribution in [3.63, 3.8) is 0 Å². The number of anilines is 3. The maximum atomic E-state index is 13.7. The van der Waals surface area contributed by atoms with E-state index in [0.29, 0.717) is 54.3 Å². The normalized spacial score (nSPS) is 25.9. The number of nitriles is 1. The van der Waals surface area contributed by atoms with Gasteiger partial charge in [-0.2, -0.15) is 5.26 Å². The van der Waals surface area contributed by atoms with E-state index in [4.69, 9.17) is 23.2 Å². The molecule has 9 atom stereocenters. The second kappa shape index (κ2) is 34.1. The van der Waals surface area contributed by atoms with E-state index in [2.05, 4.69) is 97.4 Å². The van der Waals surface area contributed by atoms with Crippen LogP contribution in [-0.4, -0.2) is 175 Å². The van der Waals surface area contributed by atoms with Crippen molar-refractivity contribution in [1.82, 2.24) is 34.3 Å². The molecule has 15 rings (SSSR count). The summed E-state index contributed by atoms with van der Waals surface area (Å²) < 4.78 is 67.8. The third-order valence-corrected chi connectivity index (χ3v) is 26.0. The van der Waals surface area contributed by atoms with Crippen molar-refractivity contribution in [3.8, 4) is 6.07 Å².